The number of rotatable bonds is 4. The molecule has 0 aliphatic rings. The van der Waals surface area contributed by atoms with Crippen molar-refractivity contribution in [2.45, 2.75) is 30.3 Å². The van der Waals surface area contributed by atoms with E-state index in [9.17, 15) is 5.11 Å². The smallest absolute Gasteiger partial charge is 0.0992 e. The predicted octanol–water partition coefficient (Wildman–Crippen LogP) is -1.04. The lowest BCUT2D eigenvalue weighted by Crippen LogP contribution is -2.46. The Hall–Kier alpha value is 0.285. The van der Waals surface area contributed by atoms with Gasteiger partial charge in [0.25, 0.3) is 0 Å². The fraction of sp³-hybridized carbons (Fsp3) is 1.00. The average molecular weight is 151 g/mol. The summed E-state index contributed by atoms with van der Waals surface area (Å²) in [7, 11) is 26.7. The topological polar surface area (TPSA) is 20.2 Å². The minimum absolute atomic E-state index is 0.479. The van der Waals surface area contributed by atoms with Crippen LogP contribution in [0.25, 0.3) is 0 Å². The minimum atomic E-state index is -1.92. The summed E-state index contributed by atoms with van der Waals surface area (Å²) < 4.78 is 0. The van der Waals surface area contributed by atoms with Crippen LogP contribution in [-0.4, -0.2) is 49.7 Å². The number of hydrogen-bond acceptors (Lipinski definition) is 1. The van der Waals surface area contributed by atoms with Crippen molar-refractivity contribution in [1.82, 2.24) is 0 Å². The standard InChI is InChI=1S/C6H9B5O/c1-2-3-4(5(7,8)9)6(10,11)12/h4,12H,2-3H2,1H3. The predicted molar refractivity (Wildman–Crippen MR) is 54.8 cm³/mol. The molecule has 1 N–H and O–H groups in total. The van der Waals surface area contributed by atoms with Crippen molar-refractivity contribution in [3.05, 3.63) is 0 Å². The summed E-state index contributed by atoms with van der Waals surface area (Å²) in [4.78, 5) is 0. The highest BCUT2D eigenvalue weighted by atomic mass is 16.3. The van der Waals surface area contributed by atoms with Crippen LogP contribution in [0.5, 0.6) is 0 Å². The van der Waals surface area contributed by atoms with Crippen molar-refractivity contribution in [1.29, 1.82) is 0 Å². The van der Waals surface area contributed by atoms with Crippen LogP contribution in [0, 0.1) is 5.92 Å². The third kappa shape index (κ3) is 3.79. The van der Waals surface area contributed by atoms with Gasteiger partial charge < -0.3 is 5.11 Å². The Bertz CT molecular complexity index is 122. The summed E-state index contributed by atoms with van der Waals surface area (Å²) in [5.41, 5.74) is 0. The van der Waals surface area contributed by atoms with Crippen LogP contribution in [0.4, 0.5) is 0 Å². The third-order valence-electron chi connectivity index (χ3n) is 1.74. The average Bonchev–Trinajstić information content (AvgIpc) is 1.77. The highest BCUT2D eigenvalue weighted by Gasteiger charge is 2.33. The molecule has 1 unspecified atom stereocenters. The van der Waals surface area contributed by atoms with Gasteiger partial charge in [0.1, 0.15) is 0 Å². The lowest BCUT2D eigenvalue weighted by atomic mass is 9.31. The first kappa shape index (κ1) is 12.3. The van der Waals surface area contributed by atoms with Crippen LogP contribution < -0.4 is 0 Å². The second-order valence-electron chi connectivity index (χ2n) is 3.23. The molecule has 0 heterocycles. The Morgan fingerprint density at radius 3 is 1.67 bits per heavy atom. The van der Waals surface area contributed by atoms with Gasteiger partial charge in [0.05, 0.1) is 39.2 Å². The normalized spacial score (nSPS) is 15.8. The van der Waals surface area contributed by atoms with E-state index in [1.807, 2.05) is 6.92 Å². The van der Waals surface area contributed by atoms with E-state index in [4.69, 9.17) is 39.2 Å². The van der Waals surface area contributed by atoms with Gasteiger partial charge in [-0.05, 0) is 11.3 Å². The zero-order valence-corrected chi connectivity index (χ0v) is 7.33. The van der Waals surface area contributed by atoms with Crippen molar-refractivity contribution in [3.8, 4) is 0 Å². The first-order valence-electron chi connectivity index (χ1n) is 3.86. The zero-order chi connectivity index (χ0) is 9.99. The zero-order valence-electron chi connectivity index (χ0n) is 7.33. The van der Waals surface area contributed by atoms with Gasteiger partial charge in [-0.15, -0.1) is 5.11 Å². The van der Waals surface area contributed by atoms with Gasteiger partial charge in [0, 0.05) is 0 Å². The third-order valence-corrected chi connectivity index (χ3v) is 1.74. The molecule has 0 saturated carbocycles. The fourth-order valence-corrected chi connectivity index (χ4v) is 1.17. The number of aliphatic hydroxyl groups is 1. The van der Waals surface area contributed by atoms with Crippen LogP contribution >= 0.6 is 0 Å². The maximum absolute atomic E-state index is 9.26. The molecule has 0 spiro atoms. The highest BCUT2D eigenvalue weighted by Crippen LogP contribution is 2.33. The van der Waals surface area contributed by atoms with Gasteiger partial charge in [-0.1, -0.05) is 19.8 Å². The van der Waals surface area contributed by atoms with Gasteiger partial charge in [0.15, 0.2) is 0 Å². The maximum atomic E-state index is 9.26. The van der Waals surface area contributed by atoms with Gasteiger partial charge in [0.2, 0.25) is 0 Å². The molecule has 10 radical (unpaired) electrons. The molecule has 0 aliphatic carbocycles. The van der Waals surface area contributed by atoms with Crippen molar-refractivity contribution in [2.75, 3.05) is 0 Å². The first-order valence-corrected chi connectivity index (χ1v) is 3.86. The van der Waals surface area contributed by atoms with E-state index in [1.54, 1.807) is 0 Å². The first-order chi connectivity index (χ1) is 5.19. The Morgan fingerprint density at radius 2 is 1.58 bits per heavy atom. The van der Waals surface area contributed by atoms with E-state index in [0.717, 1.165) is 6.42 Å². The van der Waals surface area contributed by atoms with Crippen molar-refractivity contribution < 1.29 is 5.11 Å². The minimum Gasteiger partial charge on any atom is -0.409 e. The summed E-state index contributed by atoms with van der Waals surface area (Å²) >= 11 is 0. The number of hydrogen-bond donors (Lipinski definition) is 1. The van der Waals surface area contributed by atoms with Crippen LogP contribution in [0.1, 0.15) is 19.8 Å². The molecular weight excluding hydrogens is 142 g/mol. The quantitative estimate of drug-likeness (QED) is 0.509. The summed E-state index contributed by atoms with van der Waals surface area (Å²) in [6.07, 6.45) is 1.22. The van der Waals surface area contributed by atoms with E-state index in [0.29, 0.717) is 6.42 Å². The van der Waals surface area contributed by atoms with Crippen molar-refractivity contribution in [2.24, 2.45) is 5.92 Å². The second-order valence-corrected chi connectivity index (χ2v) is 3.23. The van der Waals surface area contributed by atoms with E-state index >= 15 is 0 Å². The molecule has 12 heavy (non-hydrogen) atoms. The van der Waals surface area contributed by atoms with Gasteiger partial charge in [-0.3, -0.25) is 0 Å². The van der Waals surface area contributed by atoms with Crippen LogP contribution in [0.2, 0.25) is 5.11 Å². The molecule has 0 bridgehead atoms. The van der Waals surface area contributed by atoms with E-state index in [1.165, 1.54) is 0 Å². The van der Waals surface area contributed by atoms with E-state index in [2.05, 4.69) is 0 Å². The Labute approximate surface area is 81.1 Å². The van der Waals surface area contributed by atoms with E-state index < -0.39 is 16.4 Å². The molecule has 0 rings (SSSR count). The summed E-state index contributed by atoms with van der Waals surface area (Å²) in [5.74, 6) is -0.727. The molecule has 54 valence electrons. The molecule has 0 saturated heterocycles. The molecule has 6 heteroatoms. The molecule has 0 aromatic heterocycles. The van der Waals surface area contributed by atoms with Crippen molar-refractivity contribution in [3.63, 3.8) is 0 Å². The van der Waals surface area contributed by atoms with Crippen LogP contribution in [0.15, 0.2) is 0 Å². The van der Waals surface area contributed by atoms with Crippen LogP contribution in [-0.2, 0) is 0 Å². The SMILES string of the molecule is [B]C([B])([B])C(CCC)C([B])([B])O. The Balaban J connectivity index is 4.45. The Kier molecular flexibility index (Phi) is 4.09. The van der Waals surface area contributed by atoms with E-state index in [-0.39, 0.29) is 0 Å². The molecule has 1 nitrogen and oxygen atoms in total. The molecule has 0 amide bonds. The van der Waals surface area contributed by atoms with Gasteiger partial charge >= 0.3 is 0 Å². The lowest BCUT2D eigenvalue weighted by molar-refractivity contribution is 0.135. The molecule has 1 atom stereocenters. The van der Waals surface area contributed by atoms with Crippen LogP contribution in [0.3, 0.4) is 0 Å². The van der Waals surface area contributed by atoms with Crippen molar-refractivity contribution >= 4 is 39.2 Å². The fourth-order valence-electron chi connectivity index (χ4n) is 1.17. The summed E-state index contributed by atoms with van der Waals surface area (Å²) in [6.45, 7) is 1.89. The van der Waals surface area contributed by atoms with Gasteiger partial charge in [-0.2, -0.15) is 0 Å². The molecular formula is C6H9B5O. The summed E-state index contributed by atoms with van der Waals surface area (Å²) in [6, 6.07) is 0. The largest absolute Gasteiger partial charge is 0.409 e. The van der Waals surface area contributed by atoms with Gasteiger partial charge in [-0.25, -0.2) is 0 Å². The highest BCUT2D eigenvalue weighted by molar-refractivity contribution is 6.60. The maximum Gasteiger partial charge on any atom is 0.0992 e. The molecule has 0 aromatic rings. The monoisotopic (exact) mass is 152 g/mol. The summed E-state index contributed by atoms with van der Waals surface area (Å²) in [5, 5.41) is 5.79. The second kappa shape index (κ2) is 4.00. The Morgan fingerprint density at radius 1 is 1.17 bits per heavy atom. The molecule has 0 aliphatic heterocycles. The lowest BCUT2D eigenvalue weighted by Gasteiger charge is -2.42. The molecule has 0 fully saturated rings. The molecule has 0 aromatic carbocycles.